The highest BCUT2D eigenvalue weighted by Gasteiger charge is 2.32. The number of ketones is 1. The molecule has 0 aliphatic heterocycles. The van der Waals surface area contributed by atoms with Crippen molar-refractivity contribution in [1.29, 1.82) is 0 Å². The molecule has 0 rings (SSSR count). The summed E-state index contributed by atoms with van der Waals surface area (Å²) in [6.07, 6.45) is 1.22. The number of hydrogen-bond acceptors (Lipinski definition) is 5. The van der Waals surface area contributed by atoms with E-state index in [0.717, 1.165) is 6.42 Å². The molecule has 0 aliphatic carbocycles. The van der Waals surface area contributed by atoms with Crippen molar-refractivity contribution in [3.05, 3.63) is 0 Å². The molecule has 0 fully saturated rings. The molecule has 0 saturated heterocycles. The smallest absolute Gasteiger partial charge is 0.275 e. The number of carbonyl (C=O) groups is 1. The molecule has 7 heteroatoms. The quantitative estimate of drug-likeness (QED) is 0.361. The van der Waals surface area contributed by atoms with Crippen LogP contribution >= 0.6 is 21.6 Å². The van der Waals surface area contributed by atoms with Crippen molar-refractivity contribution in [3.8, 4) is 0 Å². The van der Waals surface area contributed by atoms with Crippen molar-refractivity contribution < 1.29 is 17.8 Å². The number of rotatable bonds is 10. The summed E-state index contributed by atoms with van der Waals surface area (Å²) in [6.45, 7) is 11.9. The van der Waals surface area contributed by atoms with E-state index in [-0.39, 0.29) is 11.2 Å². The highest BCUT2D eigenvalue weighted by Crippen LogP contribution is 2.40. The van der Waals surface area contributed by atoms with Crippen LogP contribution in [-0.4, -0.2) is 34.5 Å². The van der Waals surface area contributed by atoms with E-state index in [0.29, 0.717) is 11.7 Å². The van der Waals surface area contributed by atoms with Gasteiger partial charge in [-0.3, -0.25) is 9.35 Å². The van der Waals surface area contributed by atoms with Crippen molar-refractivity contribution >= 4 is 37.5 Å². The van der Waals surface area contributed by atoms with Crippen molar-refractivity contribution in [2.45, 2.75) is 64.4 Å². The molecular weight excluding hydrogens is 328 g/mol. The fourth-order valence-electron chi connectivity index (χ4n) is 2.18. The Kier molecular flexibility index (Phi) is 8.91. The van der Waals surface area contributed by atoms with Gasteiger partial charge in [0.25, 0.3) is 10.1 Å². The van der Waals surface area contributed by atoms with Crippen molar-refractivity contribution in [2.24, 2.45) is 11.8 Å². The van der Waals surface area contributed by atoms with Gasteiger partial charge >= 0.3 is 0 Å². The van der Waals surface area contributed by atoms with Crippen LogP contribution in [0, 0.1) is 11.8 Å². The molecule has 4 nitrogen and oxygen atoms in total. The average Bonchev–Trinajstić information content (AvgIpc) is 2.24. The molecule has 0 aromatic rings. The molecule has 0 heterocycles. The largest absolute Gasteiger partial charge is 0.298 e. The normalized spacial score (nSPS) is 14.7. The molecule has 0 saturated carbocycles. The molecule has 21 heavy (non-hydrogen) atoms. The van der Waals surface area contributed by atoms with Gasteiger partial charge in [-0.05, 0) is 32.6 Å². The Labute approximate surface area is 137 Å². The lowest BCUT2D eigenvalue weighted by Gasteiger charge is -2.25. The third-order valence-electron chi connectivity index (χ3n) is 2.89. The summed E-state index contributed by atoms with van der Waals surface area (Å²) >= 11 is 0. The maximum Gasteiger partial charge on any atom is 0.275 e. The van der Waals surface area contributed by atoms with Gasteiger partial charge in [0, 0.05) is 16.4 Å². The third kappa shape index (κ3) is 9.11. The van der Waals surface area contributed by atoms with Crippen molar-refractivity contribution in [2.75, 3.05) is 5.75 Å². The molecule has 0 amide bonds. The van der Waals surface area contributed by atoms with E-state index in [1.807, 2.05) is 0 Å². The second-order valence-corrected chi connectivity index (χ2v) is 11.3. The maximum atomic E-state index is 11.9. The fraction of sp³-hybridized carbons (Fsp3) is 0.929. The van der Waals surface area contributed by atoms with E-state index in [2.05, 4.69) is 27.7 Å². The molecule has 126 valence electrons. The minimum Gasteiger partial charge on any atom is -0.298 e. The highest BCUT2D eigenvalue weighted by molar-refractivity contribution is 8.77. The Bertz CT molecular complexity index is 428. The predicted molar refractivity (Wildman–Crippen MR) is 93.4 cm³/mol. The van der Waals surface area contributed by atoms with Gasteiger partial charge in [-0.2, -0.15) is 8.42 Å². The molecular formula is C14H28O4S3. The monoisotopic (exact) mass is 356 g/mol. The Morgan fingerprint density at radius 1 is 1.19 bits per heavy atom. The molecule has 0 aromatic carbocycles. The van der Waals surface area contributed by atoms with Gasteiger partial charge in [0.05, 0.1) is 0 Å². The zero-order chi connectivity index (χ0) is 16.8. The molecule has 0 spiro atoms. The second kappa shape index (κ2) is 8.79. The Morgan fingerprint density at radius 3 is 2.10 bits per heavy atom. The van der Waals surface area contributed by atoms with Gasteiger partial charge in [0.15, 0.2) is 5.78 Å². The van der Waals surface area contributed by atoms with E-state index >= 15 is 0 Å². The SMILES string of the molecule is CC(C)CC(C)(C)SSCCC(C(=O)C(C)C)S(=O)(=O)O. The zero-order valence-corrected chi connectivity index (χ0v) is 16.2. The average molecular weight is 357 g/mol. The van der Waals surface area contributed by atoms with Crippen LogP contribution in [0.5, 0.6) is 0 Å². The summed E-state index contributed by atoms with van der Waals surface area (Å²) in [5, 5.41) is -1.29. The van der Waals surface area contributed by atoms with Gasteiger partial charge in [0.1, 0.15) is 5.25 Å². The van der Waals surface area contributed by atoms with E-state index in [9.17, 15) is 17.8 Å². The van der Waals surface area contributed by atoms with Crippen LogP contribution in [0.25, 0.3) is 0 Å². The summed E-state index contributed by atoms with van der Waals surface area (Å²) in [5.74, 6) is 0.312. The fourth-order valence-corrected chi connectivity index (χ4v) is 6.15. The second-order valence-electron chi connectivity index (χ2n) is 6.61. The Balaban J connectivity index is 4.44. The molecule has 1 unspecified atom stereocenters. The van der Waals surface area contributed by atoms with Gasteiger partial charge in [-0.15, -0.1) is 0 Å². The molecule has 1 N–H and O–H groups in total. The van der Waals surface area contributed by atoms with E-state index < -0.39 is 27.1 Å². The Morgan fingerprint density at radius 2 is 1.71 bits per heavy atom. The summed E-state index contributed by atoms with van der Waals surface area (Å²) < 4.78 is 32.0. The van der Waals surface area contributed by atoms with Crippen LogP contribution in [0.2, 0.25) is 0 Å². The van der Waals surface area contributed by atoms with Crippen LogP contribution in [-0.2, 0) is 14.9 Å². The van der Waals surface area contributed by atoms with Gasteiger partial charge < -0.3 is 0 Å². The summed E-state index contributed by atoms with van der Waals surface area (Å²) in [6, 6.07) is 0. The van der Waals surface area contributed by atoms with Crippen LogP contribution in [0.4, 0.5) is 0 Å². The summed E-state index contributed by atoms with van der Waals surface area (Å²) in [4.78, 5) is 11.9. The minimum atomic E-state index is -4.32. The van der Waals surface area contributed by atoms with E-state index in [1.54, 1.807) is 35.4 Å². The summed E-state index contributed by atoms with van der Waals surface area (Å²) in [5.41, 5.74) is 0. The topological polar surface area (TPSA) is 71.4 Å². The third-order valence-corrected chi connectivity index (χ3v) is 7.43. The van der Waals surface area contributed by atoms with E-state index in [1.165, 1.54) is 0 Å². The number of carbonyl (C=O) groups excluding carboxylic acids is 1. The molecule has 0 aromatic heterocycles. The predicted octanol–water partition coefficient (Wildman–Crippen LogP) is 4.06. The minimum absolute atomic E-state index is 0.106. The lowest BCUT2D eigenvalue weighted by molar-refractivity contribution is -0.121. The first-order valence-electron chi connectivity index (χ1n) is 7.17. The standard InChI is InChI=1S/C14H28O4S3/c1-10(2)9-14(5,6)20-19-8-7-12(21(16,17)18)13(15)11(3)4/h10-12H,7-9H2,1-6H3,(H,16,17,18). The maximum absolute atomic E-state index is 11.9. The van der Waals surface area contributed by atoms with Gasteiger partial charge in [0.2, 0.25) is 0 Å². The highest BCUT2D eigenvalue weighted by atomic mass is 33.1. The molecule has 1 atom stereocenters. The van der Waals surface area contributed by atoms with Crippen LogP contribution < -0.4 is 0 Å². The number of Topliss-reactive ketones (excluding diaryl/α,β-unsaturated/α-hetero) is 1. The van der Waals surface area contributed by atoms with Crippen LogP contribution in [0.1, 0.15) is 54.4 Å². The Hall–Kier alpha value is 0.280. The van der Waals surface area contributed by atoms with Crippen LogP contribution in [0.15, 0.2) is 0 Å². The van der Waals surface area contributed by atoms with Gasteiger partial charge in [-0.1, -0.05) is 49.3 Å². The van der Waals surface area contributed by atoms with Crippen LogP contribution in [0.3, 0.4) is 0 Å². The van der Waals surface area contributed by atoms with Crippen molar-refractivity contribution in [1.82, 2.24) is 0 Å². The lowest BCUT2D eigenvalue weighted by atomic mass is 10.0. The summed E-state index contributed by atoms with van der Waals surface area (Å²) in [7, 11) is -1.04. The van der Waals surface area contributed by atoms with E-state index in [4.69, 9.17) is 0 Å². The lowest BCUT2D eigenvalue weighted by Crippen LogP contribution is -2.33. The molecule has 0 aliphatic rings. The van der Waals surface area contributed by atoms with Gasteiger partial charge in [-0.25, -0.2) is 0 Å². The first kappa shape index (κ1) is 21.3. The number of hydrogen-bond donors (Lipinski definition) is 1. The first-order chi connectivity index (χ1) is 9.37. The molecule has 0 radical (unpaired) electrons. The first-order valence-corrected chi connectivity index (χ1v) is 11.0. The van der Waals surface area contributed by atoms with Crippen molar-refractivity contribution in [3.63, 3.8) is 0 Å². The zero-order valence-electron chi connectivity index (χ0n) is 13.8. The molecule has 0 bridgehead atoms.